The second kappa shape index (κ2) is 5.95. The lowest BCUT2D eigenvalue weighted by molar-refractivity contribution is 0.0580. The van der Waals surface area contributed by atoms with Gasteiger partial charge < -0.3 is 15.3 Å². The fourth-order valence-electron chi connectivity index (χ4n) is 2.77. The van der Waals surface area contributed by atoms with Gasteiger partial charge in [-0.15, -0.1) is 0 Å². The lowest BCUT2D eigenvalue weighted by Crippen LogP contribution is -2.46. The van der Waals surface area contributed by atoms with Gasteiger partial charge in [-0.1, -0.05) is 12.1 Å². The van der Waals surface area contributed by atoms with Crippen molar-refractivity contribution in [2.75, 3.05) is 7.05 Å². The highest BCUT2D eigenvalue weighted by atomic mass is 19.1. The Bertz CT molecular complexity index is 800. The molecule has 0 saturated heterocycles. The van der Waals surface area contributed by atoms with Crippen LogP contribution >= 0.6 is 0 Å². The van der Waals surface area contributed by atoms with Gasteiger partial charge in [0.2, 0.25) is 0 Å². The first kappa shape index (κ1) is 16.0. The Labute approximate surface area is 137 Å². The lowest BCUT2D eigenvalue weighted by Gasteiger charge is -2.33. The van der Waals surface area contributed by atoms with Gasteiger partial charge in [-0.2, -0.15) is 5.10 Å². The quantitative estimate of drug-likeness (QED) is 0.882. The van der Waals surface area contributed by atoms with Crippen LogP contribution in [0.25, 0.3) is 0 Å². The highest BCUT2D eigenvalue weighted by Gasteiger charge is 2.36. The summed E-state index contributed by atoms with van der Waals surface area (Å²) in [6, 6.07) is 5.69. The van der Waals surface area contributed by atoms with Crippen LogP contribution in [-0.4, -0.2) is 44.7 Å². The van der Waals surface area contributed by atoms with Crippen LogP contribution < -0.4 is 5.32 Å². The largest absolute Gasteiger partial charge is 0.504 e. The predicted octanol–water partition coefficient (Wildman–Crippen LogP) is 1.13. The lowest BCUT2D eigenvalue weighted by atomic mass is 10.1. The Kier molecular flexibility index (Phi) is 3.96. The van der Waals surface area contributed by atoms with Gasteiger partial charge in [-0.25, -0.2) is 4.39 Å². The first-order valence-corrected chi connectivity index (χ1v) is 7.49. The molecule has 7 nitrogen and oxygen atoms in total. The van der Waals surface area contributed by atoms with E-state index in [1.165, 1.54) is 23.9 Å². The van der Waals surface area contributed by atoms with E-state index < -0.39 is 17.6 Å². The first-order valence-electron chi connectivity index (χ1n) is 7.49. The zero-order valence-corrected chi connectivity index (χ0v) is 13.3. The number of aromatic nitrogens is 2. The number of nitrogens with one attached hydrogen (secondary N) is 1. The van der Waals surface area contributed by atoms with Crippen molar-refractivity contribution in [3.63, 3.8) is 0 Å². The maximum atomic E-state index is 13.0. The summed E-state index contributed by atoms with van der Waals surface area (Å²) < 4.78 is 14.4. The van der Waals surface area contributed by atoms with Gasteiger partial charge in [-0.05, 0) is 24.6 Å². The number of nitrogens with zero attached hydrogens (tertiary/aromatic N) is 3. The second-order valence-corrected chi connectivity index (χ2v) is 5.72. The van der Waals surface area contributed by atoms with Crippen LogP contribution in [0, 0.1) is 5.82 Å². The molecule has 2 aromatic rings. The minimum absolute atomic E-state index is 0.00573. The third kappa shape index (κ3) is 2.60. The number of halogens is 1. The summed E-state index contributed by atoms with van der Waals surface area (Å²) in [5, 5.41) is 16.6. The summed E-state index contributed by atoms with van der Waals surface area (Å²) in [5.41, 5.74) is 0.598. The Balaban J connectivity index is 1.93. The third-order valence-corrected chi connectivity index (χ3v) is 4.07. The van der Waals surface area contributed by atoms with E-state index >= 15 is 0 Å². The molecule has 3 rings (SSSR count). The maximum Gasteiger partial charge on any atom is 0.276 e. The van der Waals surface area contributed by atoms with Crippen molar-refractivity contribution >= 4 is 11.8 Å². The number of fused-ring (bicyclic) bond motifs is 1. The van der Waals surface area contributed by atoms with E-state index in [9.17, 15) is 19.1 Å². The van der Waals surface area contributed by atoms with E-state index in [2.05, 4.69) is 10.4 Å². The smallest absolute Gasteiger partial charge is 0.276 e. The number of aromatic hydroxyl groups is 1. The standard InChI is InChI=1S/C16H17FN4O3/c1-9-7-21-13(14(22)12(19-21)15(23)18-2)16(24)20(9)8-10-3-5-11(17)6-4-10/h3-6,9,22H,7-8H2,1-2H3,(H,18,23). The number of amides is 2. The highest BCUT2D eigenvalue weighted by Crippen LogP contribution is 2.29. The molecule has 24 heavy (non-hydrogen) atoms. The zero-order valence-electron chi connectivity index (χ0n) is 13.3. The van der Waals surface area contributed by atoms with Gasteiger partial charge in [0.25, 0.3) is 11.8 Å². The summed E-state index contributed by atoms with van der Waals surface area (Å²) in [4.78, 5) is 26.0. The molecule has 1 atom stereocenters. The fraction of sp³-hybridized carbons (Fsp3) is 0.312. The average molecular weight is 332 g/mol. The Morgan fingerprint density at radius 2 is 2.08 bits per heavy atom. The Hall–Kier alpha value is -2.90. The molecule has 0 spiro atoms. The van der Waals surface area contributed by atoms with E-state index in [4.69, 9.17) is 0 Å². The first-order chi connectivity index (χ1) is 11.4. The molecule has 2 N–H and O–H groups in total. The van der Waals surface area contributed by atoms with Crippen molar-refractivity contribution in [3.8, 4) is 5.75 Å². The molecule has 0 saturated carbocycles. The van der Waals surface area contributed by atoms with Crippen LogP contribution in [0.5, 0.6) is 5.75 Å². The van der Waals surface area contributed by atoms with E-state index in [0.717, 1.165) is 5.56 Å². The molecule has 1 aliphatic rings. The zero-order chi connectivity index (χ0) is 17.4. The van der Waals surface area contributed by atoms with E-state index in [1.54, 1.807) is 17.0 Å². The molecule has 0 bridgehead atoms. The highest BCUT2D eigenvalue weighted by molar-refractivity contribution is 6.02. The van der Waals surface area contributed by atoms with Crippen molar-refractivity contribution < 1.29 is 19.1 Å². The van der Waals surface area contributed by atoms with Crippen LogP contribution in [0.4, 0.5) is 4.39 Å². The summed E-state index contributed by atoms with van der Waals surface area (Å²) in [7, 11) is 1.42. The molecular weight excluding hydrogens is 315 g/mol. The summed E-state index contributed by atoms with van der Waals surface area (Å²) in [6.45, 7) is 2.48. The minimum atomic E-state index is -0.556. The third-order valence-electron chi connectivity index (χ3n) is 4.07. The van der Waals surface area contributed by atoms with Gasteiger partial charge in [-0.3, -0.25) is 14.3 Å². The molecule has 1 aromatic heterocycles. The van der Waals surface area contributed by atoms with E-state index in [0.29, 0.717) is 6.54 Å². The van der Waals surface area contributed by atoms with Crippen molar-refractivity contribution in [2.45, 2.75) is 26.1 Å². The molecule has 8 heteroatoms. The molecule has 1 aliphatic heterocycles. The maximum absolute atomic E-state index is 13.0. The SMILES string of the molecule is CNC(=O)c1nn2c(c1O)C(=O)N(Cc1ccc(F)cc1)C(C)C2. The summed E-state index contributed by atoms with van der Waals surface area (Å²) in [5.74, 6) is -1.74. The van der Waals surface area contributed by atoms with Gasteiger partial charge in [0.1, 0.15) is 5.82 Å². The number of carbonyl (C=O) groups excluding carboxylic acids is 2. The number of benzene rings is 1. The average Bonchev–Trinajstić information content (AvgIpc) is 2.89. The Morgan fingerprint density at radius 1 is 1.42 bits per heavy atom. The molecular formula is C16H17FN4O3. The predicted molar refractivity (Wildman–Crippen MR) is 83.0 cm³/mol. The molecule has 1 unspecified atom stereocenters. The van der Waals surface area contributed by atoms with Gasteiger partial charge >= 0.3 is 0 Å². The van der Waals surface area contributed by atoms with Crippen molar-refractivity contribution in [1.82, 2.24) is 20.0 Å². The number of rotatable bonds is 3. The van der Waals surface area contributed by atoms with Crippen LogP contribution in [0.1, 0.15) is 33.5 Å². The van der Waals surface area contributed by atoms with Crippen LogP contribution in [0.3, 0.4) is 0 Å². The van der Waals surface area contributed by atoms with Gasteiger partial charge in [0.15, 0.2) is 17.1 Å². The minimum Gasteiger partial charge on any atom is -0.504 e. The summed E-state index contributed by atoms with van der Waals surface area (Å²) in [6.07, 6.45) is 0. The monoisotopic (exact) mass is 332 g/mol. The van der Waals surface area contributed by atoms with Crippen LogP contribution in [-0.2, 0) is 13.1 Å². The molecule has 126 valence electrons. The van der Waals surface area contributed by atoms with Crippen molar-refractivity contribution in [2.24, 2.45) is 0 Å². The van der Waals surface area contributed by atoms with Crippen LogP contribution in [0.2, 0.25) is 0 Å². The number of hydrogen-bond donors (Lipinski definition) is 2. The van der Waals surface area contributed by atoms with Crippen LogP contribution in [0.15, 0.2) is 24.3 Å². The normalized spacial score (nSPS) is 16.9. The van der Waals surface area contributed by atoms with Crippen molar-refractivity contribution in [3.05, 3.63) is 47.0 Å². The molecule has 0 radical (unpaired) electrons. The topological polar surface area (TPSA) is 87.5 Å². The molecule has 1 aromatic carbocycles. The van der Waals surface area contributed by atoms with E-state index in [1.807, 2.05) is 6.92 Å². The summed E-state index contributed by atoms with van der Waals surface area (Å²) >= 11 is 0. The molecule has 0 fully saturated rings. The second-order valence-electron chi connectivity index (χ2n) is 5.72. The molecule has 2 heterocycles. The molecule has 2 amide bonds. The van der Waals surface area contributed by atoms with E-state index in [-0.39, 0.29) is 29.8 Å². The number of carbonyl (C=O) groups is 2. The van der Waals surface area contributed by atoms with Crippen molar-refractivity contribution in [1.29, 1.82) is 0 Å². The Morgan fingerprint density at radius 3 is 2.71 bits per heavy atom. The molecule has 0 aliphatic carbocycles. The van der Waals surface area contributed by atoms with Gasteiger partial charge in [0.05, 0.1) is 6.54 Å². The van der Waals surface area contributed by atoms with Gasteiger partial charge in [0, 0.05) is 19.6 Å². The fourth-order valence-corrected chi connectivity index (χ4v) is 2.77. The number of hydrogen-bond acceptors (Lipinski definition) is 4.